The largest absolute Gasteiger partial charge is 0.490 e. The summed E-state index contributed by atoms with van der Waals surface area (Å²) in [5.41, 5.74) is 0.201. The molecule has 0 radical (unpaired) electrons. The van der Waals surface area contributed by atoms with E-state index in [2.05, 4.69) is 0 Å². The van der Waals surface area contributed by atoms with Gasteiger partial charge in [-0.2, -0.15) is 0 Å². The second-order valence-corrected chi connectivity index (χ2v) is 7.49. The van der Waals surface area contributed by atoms with Gasteiger partial charge in [0.15, 0.2) is 11.0 Å². The molecule has 1 heterocycles. The van der Waals surface area contributed by atoms with Crippen molar-refractivity contribution in [3.63, 3.8) is 0 Å². The van der Waals surface area contributed by atoms with Crippen molar-refractivity contribution in [3.8, 4) is 17.1 Å². The number of carbonyl (C=O) groups is 1. The number of rotatable bonds is 7. The number of para-hydroxylation sites is 1. The molecule has 0 aliphatic heterocycles. The Bertz CT molecular complexity index is 1150. The minimum absolute atomic E-state index is 0.0944. The number of aliphatic carboxylic acids is 1. The lowest BCUT2D eigenvalue weighted by atomic mass is 9.82. The Morgan fingerprint density at radius 2 is 2.00 bits per heavy atom. The highest BCUT2D eigenvalue weighted by Gasteiger charge is 2.34. The number of ether oxygens (including phenoxy) is 2. The highest BCUT2D eigenvalue weighted by Crippen LogP contribution is 2.34. The zero-order valence-electron chi connectivity index (χ0n) is 15.8. The van der Waals surface area contributed by atoms with Crippen LogP contribution in [0.3, 0.4) is 0 Å². The van der Waals surface area contributed by atoms with Gasteiger partial charge in [0, 0.05) is 6.07 Å². The van der Waals surface area contributed by atoms with E-state index in [-0.39, 0.29) is 52.6 Å². The quantitative estimate of drug-likeness (QED) is 0.553. The summed E-state index contributed by atoms with van der Waals surface area (Å²) in [5, 5.41) is 9.49. The van der Waals surface area contributed by atoms with Crippen molar-refractivity contribution >= 4 is 28.5 Å². The molecule has 1 fully saturated rings. The summed E-state index contributed by atoms with van der Waals surface area (Å²) in [5.74, 6) is -1.20. The van der Waals surface area contributed by atoms with Gasteiger partial charge in [0.25, 0.3) is 0 Å². The lowest BCUT2D eigenvalue weighted by Gasteiger charge is -2.32. The maximum Gasteiger partial charge on any atom is 0.306 e. The summed E-state index contributed by atoms with van der Waals surface area (Å²) in [7, 11) is 0. The molecule has 0 bridgehead atoms. The fourth-order valence-corrected chi connectivity index (χ4v) is 3.58. The molecule has 1 N–H and O–H groups in total. The molecule has 4 rings (SSSR count). The Labute approximate surface area is 175 Å². The lowest BCUT2D eigenvalue weighted by Crippen LogP contribution is -2.37. The fourth-order valence-electron chi connectivity index (χ4n) is 3.37. The van der Waals surface area contributed by atoms with E-state index in [4.69, 9.17) is 30.6 Å². The first-order valence-corrected chi connectivity index (χ1v) is 9.79. The second-order valence-electron chi connectivity index (χ2n) is 7.08. The van der Waals surface area contributed by atoms with E-state index in [1.807, 2.05) is 0 Å². The van der Waals surface area contributed by atoms with Crippen LogP contribution in [-0.4, -0.2) is 30.4 Å². The molecule has 30 heavy (non-hydrogen) atoms. The molecule has 1 aromatic heterocycles. The Hall–Kier alpha value is -2.90. The molecule has 1 saturated carbocycles. The molecule has 1 aliphatic carbocycles. The predicted molar refractivity (Wildman–Crippen MR) is 108 cm³/mol. The molecular formula is C22H18ClFO6. The van der Waals surface area contributed by atoms with E-state index < -0.39 is 11.8 Å². The van der Waals surface area contributed by atoms with Gasteiger partial charge in [-0.15, -0.1) is 0 Å². The number of hydrogen-bond donors (Lipinski definition) is 1. The second kappa shape index (κ2) is 8.45. The molecule has 0 unspecified atom stereocenters. The summed E-state index contributed by atoms with van der Waals surface area (Å²) in [4.78, 5) is 23.3. The van der Waals surface area contributed by atoms with E-state index in [0.29, 0.717) is 24.0 Å². The predicted octanol–water partition coefficient (Wildman–Crippen LogP) is 4.51. The van der Waals surface area contributed by atoms with Crippen LogP contribution < -0.4 is 10.2 Å². The monoisotopic (exact) mass is 432 g/mol. The van der Waals surface area contributed by atoms with E-state index >= 15 is 0 Å². The van der Waals surface area contributed by atoms with Crippen LogP contribution in [0.5, 0.6) is 5.75 Å². The average Bonchev–Trinajstić information content (AvgIpc) is 2.67. The maximum atomic E-state index is 13.9. The Kier molecular flexibility index (Phi) is 5.74. The fraction of sp³-hybridized carbons (Fsp3) is 0.273. The molecule has 0 amide bonds. The van der Waals surface area contributed by atoms with Crippen molar-refractivity contribution in [3.05, 3.63) is 63.5 Å². The molecule has 3 aromatic rings. The molecule has 0 spiro atoms. The van der Waals surface area contributed by atoms with E-state index in [1.54, 1.807) is 18.2 Å². The highest BCUT2D eigenvalue weighted by molar-refractivity contribution is 6.34. The van der Waals surface area contributed by atoms with Crippen molar-refractivity contribution in [2.45, 2.75) is 18.9 Å². The summed E-state index contributed by atoms with van der Waals surface area (Å²) in [6, 6.07) is 10.1. The third-order valence-corrected chi connectivity index (χ3v) is 5.35. The zero-order valence-corrected chi connectivity index (χ0v) is 16.5. The number of fused-ring (bicyclic) bond motifs is 1. The normalized spacial score (nSPS) is 18.2. The van der Waals surface area contributed by atoms with Gasteiger partial charge >= 0.3 is 5.97 Å². The highest BCUT2D eigenvalue weighted by atomic mass is 35.5. The summed E-state index contributed by atoms with van der Waals surface area (Å²) < 4.78 is 31.0. The molecular weight excluding hydrogens is 415 g/mol. The van der Waals surface area contributed by atoms with Crippen LogP contribution in [0.15, 0.2) is 51.7 Å². The molecule has 0 atom stereocenters. The van der Waals surface area contributed by atoms with Gasteiger partial charge in [0.05, 0.1) is 34.6 Å². The zero-order chi connectivity index (χ0) is 21.3. The summed E-state index contributed by atoms with van der Waals surface area (Å²) in [6.45, 7) is 0.423. The third-order valence-electron chi connectivity index (χ3n) is 5.05. The van der Waals surface area contributed by atoms with Crippen LogP contribution in [0, 0.1) is 11.7 Å². The summed E-state index contributed by atoms with van der Waals surface area (Å²) in [6.07, 6.45) is 0.878. The van der Waals surface area contributed by atoms with Crippen LogP contribution in [0.4, 0.5) is 4.39 Å². The molecule has 156 valence electrons. The average molecular weight is 433 g/mol. The molecule has 6 nitrogen and oxygen atoms in total. The summed E-state index contributed by atoms with van der Waals surface area (Å²) >= 11 is 6.15. The first-order chi connectivity index (χ1) is 14.4. The van der Waals surface area contributed by atoms with Gasteiger partial charge in [-0.25, -0.2) is 4.39 Å². The van der Waals surface area contributed by atoms with Gasteiger partial charge in [-0.05, 0) is 43.2 Å². The standard InChI is InChI=1S/C22H18ClFO6/c23-17-3-1-2-15-18(25)11-20(30-21(15)17)16-10-13(24)4-5-19(16)29-7-6-28-14-8-12(9-14)22(26)27/h1-5,10-12,14H,6-9H2,(H,26,27)/t12-,14-. The van der Waals surface area contributed by atoms with Gasteiger partial charge in [-0.3, -0.25) is 9.59 Å². The molecule has 1 aliphatic rings. The van der Waals surface area contributed by atoms with Crippen LogP contribution in [0.1, 0.15) is 12.8 Å². The number of halogens is 2. The van der Waals surface area contributed by atoms with Crippen LogP contribution in [0.2, 0.25) is 5.02 Å². The Morgan fingerprint density at radius 3 is 2.77 bits per heavy atom. The van der Waals surface area contributed by atoms with Crippen molar-refractivity contribution in [2.75, 3.05) is 13.2 Å². The molecule has 2 aromatic carbocycles. The number of hydrogen-bond acceptors (Lipinski definition) is 5. The Balaban J connectivity index is 1.50. The van der Waals surface area contributed by atoms with Gasteiger partial charge < -0.3 is 19.0 Å². The van der Waals surface area contributed by atoms with Gasteiger partial charge in [-0.1, -0.05) is 17.7 Å². The van der Waals surface area contributed by atoms with Crippen LogP contribution in [0.25, 0.3) is 22.3 Å². The Morgan fingerprint density at radius 1 is 1.20 bits per heavy atom. The van der Waals surface area contributed by atoms with Crippen molar-refractivity contribution in [1.29, 1.82) is 0 Å². The minimum atomic E-state index is -0.806. The van der Waals surface area contributed by atoms with E-state index in [1.165, 1.54) is 24.3 Å². The van der Waals surface area contributed by atoms with Crippen molar-refractivity contribution < 1.29 is 28.2 Å². The van der Waals surface area contributed by atoms with Crippen molar-refractivity contribution in [1.82, 2.24) is 0 Å². The van der Waals surface area contributed by atoms with Crippen molar-refractivity contribution in [2.24, 2.45) is 5.92 Å². The smallest absolute Gasteiger partial charge is 0.306 e. The SMILES string of the molecule is O=c1cc(-c2cc(F)ccc2OCCO[C@H]2C[C@H](C(=O)O)C2)oc2c(Cl)cccc12. The van der Waals surface area contributed by atoms with Crippen LogP contribution in [-0.2, 0) is 9.53 Å². The number of benzene rings is 2. The molecule has 8 heteroatoms. The lowest BCUT2D eigenvalue weighted by molar-refractivity contribution is -0.151. The first-order valence-electron chi connectivity index (χ1n) is 9.42. The number of carboxylic acid groups (broad SMARTS) is 1. The topological polar surface area (TPSA) is 86.0 Å². The third kappa shape index (κ3) is 4.17. The molecule has 0 saturated heterocycles. The number of carboxylic acids is 1. The van der Waals surface area contributed by atoms with E-state index in [9.17, 15) is 14.0 Å². The van der Waals surface area contributed by atoms with E-state index in [0.717, 1.165) is 0 Å². The maximum absolute atomic E-state index is 13.9. The van der Waals surface area contributed by atoms with Gasteiger partial charge in [0.2, 0.25) is 0 Å². The van der Waals surface area contributed by atoms with Gasteiger partial charge in [0.1, 0.15) is 23.9 Å². The first kappa shape index (κ1) is 20.4. The minimum Gasteiger partial charge on any atom is -0.490 e. The van der Waals surface area contributed by atoms with Crippen LogP contribution >= 0.6 is 11.6 Å².